The molecule has 1 atom stereocenters. The van der Waals surface area contributed by atoms with Crippen LogP contribution in [0.5, 0.6) is 0 Å². The van der Waals surface area contributed by atoms with E-state index in [0.717, 1.165) is 25.9 Å². The van der Waals surface area contributed by atoms with Crippen molar-refractivity contribution in [2.75, 3.05) is 19.6 Å². The van der Waals surface area contributed by atoms with E-state index in [0.29, 0.717) is 18.3 Å². The lowest BCUT2D eigenvalue weighted by Crippen LogP contribution is -2.37. The third-order valence-electron chi connectivity index (χ3n) is 5.05. The summed E-state index contributed by atoms with van der Waals surface area (Å²) in [7, 11) is 0. The number of aryl methyl sites for hydroxylation is 1. The van der Waals surface area contributed by atoms with Gasteiger partial charge in [0, 0.05) is 24.7 Å². The van der Waals surface area contributed by atoms with Crippen LogP contribution in [0.2, 0.25) is 0 Å². The zero-order valence-corrected chi connectivity index (χ0v) is 16.6. The van der Waals surface area contributed by atoms with Crippen LogP contribution in [0.25, 0.3) is 0 Å². The molecular formula is C20H29ClN4O. The molecule has 5 nitrogen and oxygen atoms in total. The summed E-state index contributed by atoms with van der Waals surface area (Å²) in [6.07, 6.45) is 4.17. The summed E-state index contributed by atoms with van der Waals surface area (Å²) in [5.41, 5.74) is 2.87. The Balaban J connectivity index is 0.00000243. The lowest BCUT2D eigenvalue weighted by atomic mass is 9.82. The van der Waals surface area contributed by atoms with Gasteiger partial charge in [0.15, 0.2) is 0 Å². The summed E-state index contributed by atoms with van der Waals surface area (Å²) >= 11 is 0. The number of rotatable bonds is 5. The zero-order valence-electron chi connectivity index (χ0n) is 15.8. The molecule has 0 aliphatic carbocycles. The summed E-state index contributed by atoms with van der Waals surface area (Å²) in [6, 6.07) is 10.5. The second-order valence-electron chi connectivity index (χ2n) is 7.56. The maximum absolute atomic E-state index is 12.5. The number of amides is 1. The maximum Gasteiger partial charge on any atom is 0.271 e. The quantitative estimate of drug-likeness (QED) is 0.842. The summed E-state index contributed by atoms with van der Waals surface area (Å²) in [5, 5.41) is 10.9. The highest BCUT2D eigenvalue weighted by Crippen LogP contribution is 2.25. The molecule has 0 spiro atoms. The molecule has 2 aromatic rings. The van der Waals surface area contributed by atoms with Crippen molar-refractivity contribution in [1.29, 1.82) is 0 Å². The predicted molar refractivity (Wildman–Crippen MR) is 107 cm³/mol. The molecule has 1 saturated heterocycles. The second kappa shape index (κ2) is 8.69. The average molecular weight is 377 g/mol. The van der Waals surface area contributed by atoms with Gasteiger partial charge in [0.25, 0.3) is 5.91 Å². The average Bonchev–Trinajstić information content (AvgIpc) is 3.11. The predicted octanol–water partition coefficient (Wildman–Crippen LogP) is 3.25. The first-order valence-corrected chi connectivity index (χ1v) is 9.07. The molecule has 0 saturated carbocycles. The van der Waals surface area contributed by atoms with Gasteiger partial charge in [0.2, 0.25) is 0 Å². The van der Waals surface area contributed by atoms with E-state index in [-0.39, 0.29) is 23.7 Å². The monoisotopic (exact) mass is 376 g/mol. The number of nitrogens with zero attached hydrogens (tertiary/aromatic N) is 2. The van der Waals surface area contributed by atoms with E-state index >= 15 is 0 Å². The molecule has 142 valence electrons. The van der Waals surface area contributed by atoms with Crippen molar-refractivity contribution in [3.8, 4) is 0 Å². The molecule has 0 radical (unpaired) electrons. The molecule has 3 rings (SSSR count). The molecule has 1 aromatic carbocycles. The van der Waals surface area contributed by atoms with Crippen LogP contribution < -0.4 is 10.6 Å². The Morgan fingerprint density at radius 1 is 1.35 bits per heavy atom. The number of carbonyl (C=O) groups excluding carboxylic acids is 1. The van der Waals surface area contributed by atoms with Crippen molar-refractivity contribution < 1.29 is 4.79 Å². The van der Waals surface area contributed by atoms with Crippen LogP contribution in [0.4, 0.5) is 0 Å². The van der Waals surface area contributed by atoms with Crippen LogP contribution in [-0.2, 0) is 5.41 Å². The summed E-state index contributed by atoms with van der Waals surface area (Å²) in [5.74, 6) is -0.107. The number of benzene rings is 1. The molecule has 0 bridgehead atoms. The Morgan fingerprint density at radius 3 is 2.81 bits per heavy atom. The Kier molecular flexibility index (Phi) is 6.84. The van der Waals surface area contributed by atoms with Gasteiger partial charge in [-0.15, -0.1) is 12.4 Å². The number of nitrogens with one attached hydrogen (secondary N) is 2. The fourth-order valence-corrected chi connectivity index (χ4v) is 3.54. The minimum absolute atomic E-state index is 0. The van der Waals surface area contributed by atoms with Gasteiger partial charge in [-0.3, -0.25) is 9.48 Å². The largest absolute Gasteiger partial charge is 0.350 e. The normalized spacial score (nSPS) is 17.4. The fourth-order valence-electron chi connectivity index (χ4n) is 3.54. The first kappa shape index (κ1) is 20.5. The highest BCUT2D eigenvalue weighted by atomic mass is 35.5. The number of carbonyl (C=O) groups is 1. The van der Waals surface area contributed by atoms with Crippen LogP contribution in [0.3, 0.4) is 0 Å². The van der Waals surface area contributed by atoms with Gasteiger partial charge in [0.05, 0.1) is 6.04 Å². The molecule has 1 unspecified atom stereocenters. The van der Waals surface area contributed by atoms with E-state index in [1.807, 2.05) is 29.1 Å². The molecule has 1 aliphatic heterocycles. The Labute approximate surface area is 162 Å². The van der Waals surface area contributed by atoms with E-state index in [2.05, 4.69) is 48.6 Å². The summed E-state index contributed by atoms with van der Waals surface area (Å²) in [6.45, 7) is 8.99. The number of halogens is 1. The Bertz CT molecular complexity index is 735. The Hall–Kier alpha value is -1.85. The van der Waals surface area contributed by atoms with Crippen molar-refractivity contribution >= 4 is 18.3 Å². The van der Waals surface area contributed by atoms with Crippen molar-refractivity contribution in [3.63, 3.8) is 0 Å². The van der Waals surface area contributed by atoms with Crippen molar-refractivity contribution in [2.45, 2.75) is 45.1 Å². The van der Waals surface area contributed by atoms with Crippen molar-refractivity contribution in [3.05, 3.63) is 53.3 Å². The SMILES string of the molecule is Cc1ccccc1C(C)(C)CNC(=O)c1ccn(C2CCCNC2)n1.Cl. The van der Waals surface area contributed by atoms with Gasteiger partial charge in [-0.2, -0.15) is 5.10 Å². The Morgan fingerprint density at radius 2 is 2.12 bits per heavy atom. The maximum atomic E-state index is 12.5. The highest BCUT2D eigenvalue weighted by Gasteiger charge is 2.24. The van der Waals surface area contributed by atoms with E-state index in [1.54, 1.807) is 0 Å². The lowest BCUT2D eigenvalue weighted by Gasteiger charge is -2.27. The van der Waals surface area contributed by atoms with E-state index < -0.39 is 0 Å². The van der Waals surface area contributed by atoms with E-state index in [4.69, 9.17) is 0 Å². The fraction of sp³-hybridized carbons (Fsp3) is 0.500. The van der Waals surface area contributed by atoms with Gasteiger partial charge in [-0.05, 0) is 43.5 Å². The molecular weight excluding hydrogens is 348 g/mol. The summed E-state index contributed by atoms with van der Waals surface area (Å²) in [4.78, 5) is 12.5. The second-order valence-corrected chi connectivity index (χ2v) is 7.56. The van der Waals surface area contributed by atoms with Gasteiger partial charge >= 0.3 is 0 Å². The van der Waals surface area contributed by atoms with Crippen LogP contribution in [0.15, 0.2) is 36.5 Å². The molecule has 1 aliphatic rings. The number of aromatic nitrogens is 2. The van der Waals surface area contributed by atoms with E-state index in [9.17, 15) is 4.79 Å². The van der Waals surface area contributed by atoms with Crippen molar-refractivity contribution in [1.82, 2.24) is 20.4 Å². The van der Waals surface area contributed by atoms with Gasteiger partial charge in [0.1, 0.15) is 5.69 Å². The van der Waals surface area contributed by atoms with Crippen LogP contribution in [-0.4, -0.2) is 35.3 Å². The molecule has 2 N–H and O–H groups in total. The van der Waals surface area contributed by atoms with Crippen LogP contribution in [0.1, 0.15) is 54.3 Å². The standard InChI is InChI=1S/C20H28N4O.ClH/c1-15-7-4-5-9-17(15)20(2,3)14-22-19(25)18-10-12-24(23-18)16-8-6-11-21-13-16;/h4-5,7,9-10,12,16,21H,6,8,11,13-14H2,1-3H3,(H,22,25);1H. The zero-order chi connectivity index (χ0) is 17.9. The van der Waals surface area contributed by atoms with Crippen LogP contribution >= 0.6 is 12.4 Å². The minimum atomic E-state index is -0.128. The van der Waals surface area contributed by atoms with Crippen LogP contribution in [0, 0.1) is 6.92 Å². The molecule has 1 amide bonds. The van der Waals surface area contributed by atoms with Gasteiger partial charge < -0.3 is 10.6 Å². The molecule has 6 heteroatoms. The third-order valence-corrected chi connectivity index (χ3v) is 5.05. The molecule has 1 fully saturated rings. The molecule has 26 heavy (non-hydrogen) atoms. The first-order chi connectivity index (χ1) is 12.0. The number of piperidine rings is 1. The van der Waals surface area contributed by atoms with E-state index in [1.165, 1.54) is 11.1 Å². The minimum Gasteiger partial charge on any atom is -0.350 e. The molecule has 2 heterocycles. The van der Waals surface area contributed by atoms with Gasteiger partial charge in [-0.25, -0.2) is 0 Å². The number of hydrogen-bond donors (Lipinski definition) is 2. The number of hydrogen-bond acceptors (Lipinski definition) is 3. The smallest absolute Gasteiger partial charge is 0.271 e. The van der Waals surface area contributed by atoms with Crippen molar-refractivity contribution in [2.24, 2.45) is 0 Å². The summed E-state index contributed by atoms with van der Waals surface area (Å²) < 4.78 is 1.92. The topological polar surface area (TPSA) is 59.0 Å². The molecule has 1 aromatic heterocycles. The lowest BCUT2D eigenvalue weighted by molar-refractivity contribution is 0.0939. The third kappa shape index (κ3) is 4.65. The van der Waals surface area contributed by atoms with Gasteiger partial charge in [-0.1, -0.05) is 38.1 Å². The highest BCUT2D eigenvalue weighted by molar-refractivity contribution is 5.92. The first-order valence-electron chi connectivity index (χ1n) is 9.07.